The Morgan fingerprint density at radius 3 is 3.00 bits per heavy atom. The van der Waals surface area contributed by atoms with Crippen LogP contribution in [0.15, 0.2) is 36.1 Å². The predicted octanol–water partition coefficient (Wildman–Crippen LogP) is 1.69. The van der Waals surface area contributed by atoms with E-state index in [1.165, 1.54) is 11.3 Å². The van der Waals surface area contributed by atoms with Crippen LogP contribution in [0.1, 0.15) is 18.5 Å². The van der Waals surface area contributed by atoms with Gasteiger partial charge in [-0.2, -0.15) is 0 Å². The minimum atomic E-state index is 0.129. The Hall–Kier alpha value is -2.35. The molecule has 0 aliphatic rings. The monoisotopic (exact) mass is 273 g/mol. The van der Waals surface area contributed by atoms with Gasteiger partial charge in [-0.15, -0.1) is 15.3 Å². The zero-order chi connectivity index (χ0) is 13.1. The summed E-state index contributed by atoms with van der Waals surface area (Å²) in [6.07, 6.45) is 1.57. The van der Waals surface area contributed by atoms with Crippen molar-refractivity contribution in [3.05, 3.63) is 41.7 Å². The number of aromatic nitrogens is 6. The molecule has 96 valence electrons. The fourth-order valence-electron chi connectivity index (χ4n) is 1.72. The number of benzene rings is 1. The second-order valence-electron chi connectivity index (χ2n) is 3.96. The zero-order valence-electron chi connectivity index (χ0n) is 10.1. The van der Waals surface area contributed by atoms with E-state index in [9.17, 15) is 0 Å². The van der Waals surface area contributed by atoms with Gasteiger partial charge in [-0.1, -0.05) is 23.5 Å². The molecule has 0 radical (unpaired) electrons. The van der Waals surface area contributed by atoms with E-state index >= 15 is 0 Å². The molecule has 7 nitrogen and oxygen atoms in total. The van der Waals surface area contributed by atoms with Crippen LogP contribution >= 0.6 is 11.3 Å². The van der Waals surface area contributed by atoms with E-state index in [0.717, 1.165) is 16.4 Å². The summed E-state index contributed by atoms with van der Waals surface area (Å²) in [7, 11) is 0. The number of rotatable bonds is 4. The maximum atomic E-state index is 3.97. The lowest BCUT2D eigenvalue weighted by atomic mass is 10.1. The maximum absolute atomic E-state index is 3.97. The second-order valence-corrected chi connectivity index (χ2v) is 4.79. The van der Waals surface area contributed by atoms with Crippen molar-refractivity contribution < 1.29 is 0 Å². The molecular formula is C11H11N7S. The van der Waals surface area contributed by atoms with Gasteiger partial charge in [-0.05, 0) is 35.0 Å². The highest BCUT2D eigenvalue weighted by Crippen LogP contribution is 2.21. The molecule has 1 aromatic carbocycles. The summed E-state index contributed by atoms with van der Waals surface area (Å²) in [5.74, 6) is 0. The van der Waals surface area contributed by atoms with E-state index in [2.05, 4.69) is 38.0 Å². The van der Waals surface area contributed by atoms with Crippen molar-refractivity contribution in [2.45, 2.75) is 13.0 Å². The molecule has 1 N–H and O–H groups in total. The Morgan fingerprint density at radius 2 is 2.26 bits per heavy atom. The van der Waals surface area contributed by atoms with Crippen molar-refractivity contribution >= 4 is 16.5 Å². The number of hydrogen-bond acceptors (Lipinski definition) is 7. The van der Waals surface area contributed by atoms with E-state index in [1.807, 2.05) is 24.3 Å². The van der Waals surface area contributed by atoms with E-state index < -0.39 is 0 Å². The normalized spacial score (nSPS) is 12.3. The highest BCUT2D eigenvalue weighted by Gasteiger charge is 2.08. The lowest BCUT2D eigenvalue weighted by Gasteiger charge is -2.13. The summed E-state index contributed by atoms with van der Waals surface area (Å²) >= 11 is 1.48. The number of nitrogens with zero attached hydrogens (tertiary/aromatic N) is 6. The molecule has 8 heteroatoms. The minimum absolute atomic E-state index is 0.129. The van der Waals surface area contributed by atoms with Crippen LogP contribution in [0.25, 0.3) is 5.69 Å². The smallest absolute Gasteiger partial charge is 0.205 e. The molecule has 0 bridgehead atoms. The topological polar surface area (TPSA) is 81.4 Å². The molecule has 0 aliphatic carbocycles. The van der Waals surface area contributed by atoms with Gasteiger partial charge in [0.2, 0.25) is 5.13 Å². The second kappa shape index (κ2) is 5.11. The molecule has 0 spiro atoms. The van der Waals surface area contributed by atoms with E-state index in [4.69, 9.17) is 0 Å². The minimum Gasteiger partial charge on any atom is -0.354 e. The van der Waals surface area contributed by atoms with Crippen LogP contribution < -0.4 is 5.32 Å². The summed E-state index contributed by atoms with van der Waals surface area (Å²) in [5, 5.41) is 23.0. The Morgan fingerprint density at radius 1 is 1.32 bits per heavy atom. The number of anilines is 1. The molecule has 0 aliphatic heterocycles. The summed E-state index contributed by atoms with van der Waals surface area (Å²) in [5.41, 5.74) is 3.75. The van der Waals surface area contributed by atoms with Crippen molar-refractivity contribution in [2.24, 2.45) is 0 Å². The van der Waals surface area contributed by atoms with Gasteiger partial charge in [-0.25, -0.2) is 4.68 Å². The highest BCUT2D eigenvalue weighted by atomic mass is 32.1. The molecule has 0 amide bonds. The largest absolute Gasteiger partial charge is 0.354 e. The fourth-order valence-corrected chi connectivity index (χ4v) is 2.25. The van der Waals surface area contributed by atoms with Gasteiger partial charge in [-0.3, -0.25) is 0 Å². The van der Waals surface area contributed by atoms with Crippen LogP contribution in [0.3, 0.4) is 0 Å². The third kappa shape index (κ3) is 2.58. The van der Waals surface area contributed by atoms with Crippen LogP contribution in [0.4, 0.5) is 5.13 Å². The first-order valence-corrected chi connectivity index (χ1v) is 6.57. The van der Waals surface area contributed by atoms with Crippen molar-refractivity contribution in [1.29, 1.82) is 0 Å². The number of nitrogens with one attached hydrogen (secondary N) is 1. The molecule has 1 atom stereocenters. The van der Waals surface area contributed by atoms with Crippen LogP contribution in [-0.2, 0) is 0 Å². The average Bonchev–Trinajstić information content (AvgIpc) is 3.12. The molecular weight excluding hydrogens is 262 g/mol. The van der Waals surface area contributed by atoms with Crippen molar-refractivity contribution in [2.75, 3.05) is 5.32 Å². The summed E-state index contributed by atoms with van der Waals surface area (Å²) < 4.78 is 1.63. The Labute approximate surface area is 113 Å². The first-order chi connectivity index (χ1) is 9.33. The third-order valence-corrected chi connectivity index (χ3v) is 3.31. The molecule has 2 aromatic heterocycles. The molecule has 0 saturated carbocycles. The molecule has 0 fully saturated rings. The van der Waals surface area contributed by atoms with Gasteiger partial charge in [0, 0.05) is 0 Å². The molecule has 0 saturated heterocycles. The van der Waals surface area contributed by atoms with E-state index in [1.54, 1.807) is 16.5 Å². The lowest BCUT2D eigenvalue weighted by Crippen LogP contribution is -2.07. The van der Waals surface area contributed by atoms with Crippen LogP contribution in [0, 0.1) is 0 Å². The van der Waals surface area contributed by atoms with Gasteiger partial charge >= 0.3 is 0 Å². The third-order valence-electron chi connectivity index (χ3n) is 2.68. The van der Waals surface area contributed by atoms with E-state index in [0.29, 0.717) is 0 Å². The van der Waals surface area contributed by atoms with Crippen LogP contribution in [0.5, 0.6) is 0 Å². The van der Waals surface area contributed by atoms with Crippen molar-refractivity contribution in [3.8, 4) is 5.69 Å². The average molecular weight is 273 g/mol. The molecule has 3 rings (SSSR count). The zero-order valence-corrected chi connectivity index (χ0v) is 10.9. The standard InChI is InChI=1S/C11H11N7S/c1-8(14-11-15-13-7-19-11)9-3-2-4-10(5-9)18-6-12-16-17-18/h2-8H,1H3,(H,14,15). The van der Waals surface area contributed by atoms with Gasteiger partial charge in [0.15, 0.2) is 0 Å². The van der Waals surface area contributed by atoms with Crippen LogP contribution in [0.2, 0.25) is 0 Å². The van der Waals surface area contributed by atoms with Gasteiger partial charge in [0.05, 0.1) is 11.7 Å². The Bertz CT molecular complexity index is 635. The first kappa shape index (κ1) is 11.7. The van der Waals surface area contributed by atoms with Crippen LogP contribution in [-0.4, -0.2) is 30.4 Å². The molecule has 19 heavy (non-hydrogen) atoms. The van der Waals surface area contributed by atoms with Gasteiger partial charge in [0.1, 0.15) is 11.8 Å². The summed E-state index contributed by atoms with van der Waals surface area (Å²) in [6, 6.07) is 8.15. The predicted molar refractivity (Wildman–Crippen MR) is 71.1 cm³/mol. The Kier molecular flexibility index (Phi) is 3.15. The summed E-state index contributed by atoms with van der Waals surface area (Å²) in [4.78, 5) is 0. The van der Waals surface area contributed by atoms with Gasteiger partial charge < -0.3 is 5.32 Å². The first-order valence-electron chi connectivity index (χ1n) is 5.69. The highest BCUT2D eigenvalue weighted by molar-refractivity contribution is 7.13. The lowest BCUT2D eigenvalue weighted by molar-refractivity contribution is 0.784. The SMILES string of the molecule is CC(Nc1nncs1)c1cccc(-n2cnnn2)c1. The maximum Gasteiger partial charge on any atom is 0.205 e. The molecule has 2 heterocycles. The quantitative estimate of drug-likeness (QED) is 0.779. The summed E-state index contributed by atoms with van der Waals surface area (Å²) in [6.45, 7) is 2.07. The Balaban J connectivity index is 1.83. The van der Waals surface area contributed by atoms with Crippen molar-refractivity contribution in [3.63, 3.8) is 0 Å². The molecule has 3 aromatic rings. The molecule has 1 unspecified atom stereocenters. The van der Waals surface area contributed by atoms with Crippen molar-refractivity contribution in [1.82, 2.24) is 30.4 Å². The van der Waals surface area contributed by atoms with E-state index in [-0.39, 0.29) is 6.04 Å². The number of tetrazole rings is 1. The number of hydrogen-bond donors (Lipinski definition) is 1. The fraction of sp³-hybridized carbons (Fsp3) is 0.182. The van der Waals surface area contributed by atoms with Gasteiger partial charge in [0.25, 0.3) is 0 Å².